The summed E-state index contributed by atoms with van der Waals surface area (Å²) in [5, 5.41) is 9.14. The fourth-order valence-electron chi connectivity index (χ4n) is 3.28. The largest absolute Gasteiger partial charge is 0.493 e. The van der Waals surface area contributed by atoms with Gasteiger partial charge < -0.3 is 19.0 Å². The number of hydrogen-bond acceptors (Lipinski definition) is 6. The van der Waals surface area contributed by atoms with Crippen LogP contribution in [0.5, 0.6) is 11.5 Å². The maximum Gasteiger partial charge on any atom is 0.419 e. The lowest BCUT2D eigenvalue weighted by molar-refractivity contribution is -0.140. The Morgan fingerprint density at radius 1 is 1.08 bits per heavy atom. The zero-order chi connectivity index (χ0) is 26.5. The van der Waals surface area contributed by atoms with Gasteiger partial charge in [-0.1, -0.05) is 12.1 Å². The number of aromatic nitrogens is 1. The number of oxazole rings is 1. The minimum atomic E-state index is -5.00. The van der Waals surface area contributed by atoms with Crippen LogP contribution in [0.1, 0.15) is 28.5 Å². The van der Waals surface area contributed by atoms with E-state index in [0.717, 1.165) is 16.7 Å². The van der Waals surface area contributed by atoms with E-state index in [4.69, 9.17) is 19.0 Å². The van der Waals surface area contributed by atoms with Crippen LogP contribution in [0, 0.1) is 19.7 Å². The first-order valence-corrected chi connectivity index (χ1v) is 10.6. The number of alkyl halides is 3. The average Bonchev–Trinajstić information content (AvgIpc) is 3.11. The van der Waals surface area contributed by atoms with E-state index in [2.05, 4.69) is 4.98 Å². The van der Waals surface area contributed by atoms with Gasteiger partial charge in [0.15, 0.2) is 5.89 Å². The molecule has 0 saturated carbocycles. The maximum atomic E-state index is 13.5. The van der Waals surface area contributed by atoms with Gasteiger partial charge in [-0.2, -0.15) is 13.2 Å². The Labute approximate surface area is 203 Å². The van der Waals surface area contributed by atoms with E-state index in [9.17, 15) is 27.2 Å². The Kier molecular flexibility index (Phi) is 8.18. The van der Waals surface area contributed by atoms with Gasteiger partial charge in [0, 0.05) is 19.9 Å². The van der Waals surface area contributed by atoms with Crippen LogP contribution < -0.4 is 9.47 Å². The summed E-state index contributed by atoms with van der Waals surface area (Å²) in [6, 6.07) is 8.13. The third-order valence-corrected chi connectivity index (χ3v) is 4.94. The van der Waals surface area contributed by atoms with Crippen molar-refractivity contribution in [3.05, 3.63) is 76.8 Å². The van der Waals surface area contributed by atoms with E-state index >= 15 is 0 Å². The maximum absolute atomic E-state index is 13.5. The van der Waals surface area contributed by atoms with Gasteiger partial charge in [0.05, 0.1) is 17.9 Å². The van der Waals surface area contributed by atoms with Crippen LogP contribution in [0.4, 0.5) is 22.4 Å². The average molecular weight is 510 g/mol. The van der Waals surface area contributed by atoms with Crippen molar-refractivity contribution in [3.8, 4) is 11.5 Å². The quantitative estimate of drug-likeness (QED) is 0.397. The SMILES string of the molecule is Cc1nc(CCOc2ccc(CN(CC(=O)O)C(=O)Oc3ccc(F)c(C(F)(F)F)c3)cc2)c(C)o1. The number of carbonyl (C=O) groups excluding carboxylic acids is 1. The van der Waals surface area contributed by atoms with Gasteiger partial charge in [0.25, 0.3) is 0 Å². The van der Waals surface area contributed by atoms with Crippen molar-refractivity contribution < 1.29 is 46.1 Å². The van der Waals surface area contributed by atoms with Crippen molar-refractivity contribution in [2.24, 2.45) is 0 Å². The smallest absolute Gasteiger partial charge is 0.419 e. The van der Waals surface area contributed by atoms with Crippen LogP contribution in [-0.2, 0) is 23.9 Å². The predicted octanol–water partition coefficient (Wildman–Crippen LogP) is 5.16. The molecule has 0 aliphatic carbocycles. The first-order chi connectivity index (χ1) is 16.9. The standard InChI is InChI=1S/C24H22F4N2O6/c1-14-21(29-15(2)35-14)9-10-34-17-5-3-16(4-6-17)12-30(13-22(31)32)23(33)36-18-7-8-20(25)19(11-18)24(26,27)28/h3-8,11H,9-10,12-13H2,1-2H3,(H,31,32). The van der Waals surface area contributed by atoms with Crippen LogP contribution in [0.2, 0.25) is 0 Å². The second kappa shape index (κ2) is 11.1. The molecule has 3 rings (SSSR count). The molecule has 3 aromatic rings. The summed E-state index contributed by atoms with van der Waals surface area (Å²) >= 11 is 0. The number of carboxylic acids is 1. The van der Waals surface area contributed by atoms with E-state index in [0.29, 0.717) is 48.1 Å². The number of carboxylic acid groups (broad SMARTS) is 1. The second-order valence-corrected chi connectivity index (χ2v) is 7.74. The molecule has 1 N–H and O–H groups in total. The molecule has 0 saturated heterocycles. The molecule has 0 atom stereocenters. The number of carbonyl (C=O) groups is 2. The molecule has 0 bridgehead atoms. The highest BCUT2D eigenvalue weighted by molar-refractivity contribution is 5.78. The summed E-state index contributed by atoms with van der Waals surface area (Å²) in [7, 11) is 0. The topological polar surface area (TPSA) is 102 Å². The number of aryl methyl sites for hydroxylation is 2. The number of halogens is 4. The summed E-state index contributed by atoms with van der Waals surface area (Å²) in [5.41, 5.74) is -0.309. The van der Waals surface area contributed by atoms with Gasteiger partial charge in [-0.25, -0.2) is 14.2 Å². The first kappa shape index (κ1) is 26.5. The Balaban J connectivity index is 1.63. The lowest BCUT2D eigenvalue weighted by Gasteiger charge is -2.20. The predicted molar refractivity (Wildman–Crippen MR) is 117 cm³/mol. The molecule has 0 aliphatic rings. The Morgan fingerprint density at radius 3 is 2.33 bits per heavy atom. The summed E-state index contributed by atoms with van der Waals surface area (Å²) in [4.78, 5) is 28.8. The lowest BCUT2D eigenvalue weighted by Crippen LogP contribution is -2.37. The van der Waals surface area contributed by atoms with Crippen LogP contribution in [0.3, 0.4) is 0 Å². The van der Waals surface area contributed by atoms with Crippen LogP contribution >= 0.6 is 0 Å². The molecule has 1 heterocycles. The number of benzene rings is 2. The molecule has 12 heteroatoms. The molecule has 0 aliphatic heterocycles. The second-order valence-electron chi connectivity index (χ2n) is 7.74. The highest BCUT2D eigenvalue weighted by atomic mass is 19.4. The number of amides is 1. The third kappa shape index (κ3) is 7.20. The van der Waals surface area contributed by atoms with E-state index in [1.165, 1.54) is 0 Å². The highest BCUT2D eigenvalue weighted by Gasteiger charge is 2.34. The highest BCUT2D eigenvalue weighted by Crippen LogP contribution is 2.33. The zero-order valence-corrected chi connectivity index (χ0v) is 19.3. The van der Waals surface area contributed by atoms with Crippen LogP contribution in [0.15, 0.2) is 46.9 Å². The summed E-state index contributed by atoms with van der Waals surface area (Å²) in [6.07, 6.45) is -5.68. The minimum Gasteiger partial charge on any atom is -0.493 e. The molecule has 8 nitrogen and oxygen atoms in total. The van der Waals surface area contributed by atoms with E-state index in [1.54, 1.807) is 31.2 Å². The van der Waals surface area contributed by atoms with Crippen molar-refractivity contribution in [1.29, 1.82) is 0 Å². The Hall–Kier alpha value is -4.09. The molecule has 36 heavy (non-hydrogen) atoms. The molecule has 1 aromatic heterocycles. The van der Waals surface area contributed by atoms with Crippen molar-refractivity contribution >= 4 is 12.1 Å². The van der Waals surface area contributed by atoms with Crippen molar-refractivity contribution in [1.82, 2.24) is 9.88 Å². The number of hydrogen-bond donors (Lipinski definition) is 1. The third-order valence-electron chi connectivity index (χ3n) is 4.94. The van der Waals surface area contributed by atoms with Gasteiger partial charge in [-0.3, -0.25) is 9.69 Å². The molecule has 1 amide bonds. The molecule has 2 aromatic carbocycles. The molecule has 0 fully saturated rings. The minimum absolute atomic E-state index is 0.212. The molecule has 0 unspecified atom stereocenters. The molecular formula is C24H22F4N2O6. The van der Waals surface area contributed by atoms with Crippen molar-refractivity contribution in [2.75, 3.05) is 13.2 Å². The van der Waals surface area contributed by atoms with Crippen LogP contribution in [-0.4, -0.2) is 40.2 Å². The molecule has 0 spiro atoms. The number of nitrogens with zero attached hydrogens (tertiary/aromatic N) is 2. The number of aliphatic carboxylic acids is 1. The van der Waals surface area contributed by atoms with E-state index in [-0.39, 0.29) is 6.54 Å². The summed E-state index contributed by atoms with van der Waals surface area (Å²) in [6.45, 7) is 2.90. The van der Waals surface area contributed by atoms with Gasteiger partial charge in [0.2, 0.25) is 0 Å². The Bertz CT molecular complexity index is 1220. The Morgan fingerprint density at radius 2 is 1.75 bits per heavy atom. The fraction of sp³-hybridized carbons (Fsp3) is 0.292. The van der Waals surface area contributed by atoms with Gasteiger partial charge in [-0.15, -0.1) is 0 Å². The van der Waals surface area contributed by atoms with Crippen molar-refractivity contribution in [3.63, 3.8) is 0 Å². The van der Waals surface area contributed by atoms with Gasteiger partial charge >= 0.3 is 18.2 Å². The molecule has 192 valence electrons. The van der Waals surface area contributed by atoms with E-state index < -0.39 is 41.9 Å². The number of rotatable bonds is 9. The van der Waals surface area contributed by atoms with Crippen molar-refractivity contribution in [2.45, 2.75) is 33.0 Å². The number of ether oxygens (including phenoxy) is 2. The van der Waals surface area contributed by atoms with Crippen LogP contribution in [0.25, 0.3) is 0 Å². The lowest BCUT2D eigenvalue weighted by atomic mass is 10.2. The fourth-order valence-corrected chi connectivity index (χ4v) is 3.28. The molecule has 0 radical (unpaired) electrons. The monoisotopic (exact) mass is 510 g/mol. The van der Waals surface area contributed by atoms with E-state index in [1.807, 2.05) is 6.92 Å². The van der Waals surface area contributed by atoms with Gasteiger partial charge in [-0.05, 0) is 42.8 Å². The summed E-state index contributed by atoms with van der Waals surface area (Å²) in [5.74, 6) is -1.66. The first-order valence-electron chi connectivity index (χ1n) is 10.6. The summed E-state index contributed by atoms with van der Waals surface area (Å²) < 4.78 is 68.1. The molecular weight excluding hydrogens is 488 g/mol. The van der Waals surface area contributed by atoms with Gasteiger partial charge in [0.1, 0.15) is 29.6 Å². The zero-order valence-electron chi connectivity index (χ0n) is 19.3. The normalized spacial score (nSPS) is 11.3.